The summed E-state index contributed by atoms with van der Waals surface area (Å²) in [5.41, 5.74) is 9.97. The monoisotopic (exact) mass is 818 g/mol. The lowest BCUT2D eigenvalue weighted by Gasteiger charge is -2.35. The second-order valence-corrected chi connectivity index (χ2v) is 17.6. The molecule has 2 unspecified atom stereocenters. The Morgan fingerprint density at radius 2 is 1.02 bits per heavy atom. The van der Waals surface area contributed by atoms with Gasteiger partial charge in [-0.1, -0.05) is 58.0 Å². The fourth-order valence-corrected chi connectivity index (χ4v) is 9.66. The average Bonchev–Trinajstić information content (AvgIpc) is 3.95. The molecule has 4 aliphatic heterocycles. The normalized spacial score (nSPS) is 20.4. The number of hydrogen-bond donors (Lipinski definition) is 2. The molecular weight excluding hydrogens is 769 g/mol. The number of likely N-dealkylation sites (N-methyl/N-ethyl adjacent to an activating group) is 2. The molecule has 8 rings (SSSR count). The number of carbonyl (C=O) groups excluding carboxylic acids is 2. The van der Waals surface area contributed by atoms with Gasteiger partial charge < -0.3 is 49.5 Å². The van der Waals surface area contributed by atoms with E-state index in [1.165, 1.54) is 21.6 Å². The summed E-state index contributed by atoms with van der Waals surface area (Å²) >= 11 is 0. The molecule has 14 heteroatoms. The quantitative estimate of drug-likeness (QED) is 0.107. The first-order valence-electron chi connectivity index (χ1n) is 19.3. The highest BCUT2D eigenvalue weighted by molar-refractivity contribution is 8.77. The van der Waals surface area contributed by atoms with Gasteiger partial charge in [-0.2, -0.15) is 0 Å². The number of amides is 2. The second-order valence-electron chi connectivity index (χ2n) is 15.1. The Morgan fingerprint density at radius 1 is 0.621 bits per heavy atom. The summed E-state index contributed by atoms with van der Waals surface area (Å²) in [5.74, 6) is -1.34. The Morgan fingerprint density at radius 3 is 1.40 bits per heavy atom. The van der Waals surface area contributed by atoms with Crippen LogP contribution >= 0.6 is 21.6 Å². The van der Waals surface area contributed by atoms with Gasteiger partial charge in [-0.05, 0) is 83.9 Å². The van der Waals surface area contributed by atoms with Crippen molar-refractivity contribution in [2.75, 3.05) is 120 Å². The molecule has 0 spiro atoms. The number of fused-ring (bicyclic) bond motifs is 6. The van der Waals surface area contributed by atoms with Gasteiger partial charge >= 0.3 is 0 Å². The molecule has 2 fully saturated rings. The SMILES string of the molecule is CN(C)c1ccc(/C=C/C23OCCN2c2ccc(NC(=O)CSSCC(=O)Nc4ccc5c(c4)N(C)C4(/C=C/c6ccc(N(C)C)cc6)OCCN54)cc2N3C)cc1. The van der Waals surface area contributed by atoms with Gasteiger partial charge in [0.15, 0.2) is 0 Å². The number of carbonyl (C=O) groups is 2. The predicted octanol–water partition coefficient (Wildman–Crippen LogP) is 7.08. The van der Waals surface area contributed by atoms with Crippen LogP contribution in [0.25, 0.3) is 12.2 Å². The highest BCUT2D eigenvalue weighted by Gasteiger charge is 2.52. The van der Waals surface area contributed by atoms with Gasteiger partial charge in [-0.25, -0.2) is 0 Å². The molecule has 4 aromatic carbocycles. The van der Waals surface area contributed by atoms with Crippen molar-refractivity contribution in [3.8, 4) is 0 Å². The minimum Gasteiger partial charge on any atom is -0.378 e. The number of anilines is 8. The summed E-state index contributed by atoms with van der Waals surface area (Å²) in [6.07, 6.45) is 8.41. The van der Waals surface area contributed by atoms with Crippen LogP contribution in [0.15, 0.2) is 97.1 Å². The first-order chi connectivity index (χ1) is 28.0. The highest BCUT2D eigenvalue weighted by atomic mass is 33.1. The van der Waals surface area contributed by atoms with Crippen LogP contribution in [0.1, 0.15) is 11.1 Å². The Balaban J connectivity index is 0.824. The van der Waals surface area contributed by atoms with Gasteiger partial charge in [-0.15, -0.1) is 0 Å². The summed E-state index contributed by atoms with van der Waals surface area (Å²) in [4.78, 5) is 38.9. The molecule has 2 amide bonds. The van der Waals surface area contributed by atoms with Gasteiger partial charge in [0.2, 0.25) is 23.5 Å². The first-order valence-corrected chi connectivity index (χ1v) is 21.8. The van der Waals surface area contributed by atoms with Crippen molar-refractivity contribution in [1.29, 1.82) is 0 Å². The minimum atomic E-state index is -0.738. The number of benzene rings is 4. The second kappa shape index (κ2) is 16.2. The van der Waals surface area contributed by atoms with Crippen LogP contribution in [-0.2, 0) is 19.1 Å². The molecule has 0 aliphatic carbocycles. The highest BCUT2D eigenvalue weighted by Crippen LogP contribution is 2.50. The van der Waals surface area contributed by atoms with Gasteiger partial charge in [0.05, 0.1) is 47.5 Å². The number of nitrogens with one attached hydrogen (secondary N) is 2. The van der Waals surface area contributed by atoms with E-state index in [4.69, 9.17) is 9.47 Å². The largest absolute Gasteiger partial charge is 0.378 e. The van der Waals surface area contributed by atoms with Gasteiger partial charge in [0, 0.05) is 78.1 Å². The van der Waals surface area contributed by atoms with E-state index < -0.39 is 11.7 Å². The molecule has 0 saturated carbocycles. The van der Waals surface area contributed by atoms with Crippen LogP contribution in [0.3, 0.4) is 0 Å². The molecule has 0 bridgehead atoms. The minimum absolute atomic E-state index is 0.135. The molecule has 4 aliphatic rings. The first kappa shape index (κ1) is 39.5. The van der Waals surface area contributed by atoms with Gasteiger partial charge in [0.25, 0.3) is 0 Å². The third-order valence-corrected chi connectivity index (χ3v) is 13.2. The van der Waals surface area contributed by atoms with E-state index in [1.807, 2.05) is 78.7 Å². The lowest BCUT2D eigenvalue weighted by atomic mass is 10.1. The van der Waals surface area contributed by atoms with E-state index in [9.17, 15) is 9.59 Å². The van der Waals surface area contributed by atoms with E-state index in [0.717, 1.165) is 58.3 Å². The fraction of sp³-hybridized carbons (Fsp3) is 0.318. The van der Waals surface area contributed by atoms with Crippen molar-refractivity contribution in [2.45, 2.75) is 11.7 Å². The van der Waals surface area contributed by atoms with E-state index in [1.54, 1.807) is 0 Å². The summed E-state index contributed by atoms with van der Waals surface area (Å²) in [6, 6.07) is 28.8. The molecule has 58 heavy (non-hydrogen) atoms. The lowest BCUT2D eigenvalue weighted by Crippen LogP contribution is -2.51. The number of hydrogen-bond acceptors (Lipinski definition) is 12. The van der Waals surface area contributed by atoms with Crippen molar-refractivity contribution in [3.05, 3.63) is 108 Å². The fourth-order valence-electron chi connectivity index (χ4n) is 7.99. The molecule has 4 aromatic rings. The van der Waals surface area contributed by atoms with Crippen molar-refractivity contribution < 1.29 is 19.1 Å². The van der Waals surface area contributed by atoms with Gasteiger partial charge in [0.1, 0.15) is 0 Å². The Labute approximate surface area is 348 Å². The lowest BCUT2D eigenvalue weighted by molar-refractivity contribution is -0.114. The van der Waals surface area contributed by atoms with Crippen LogP contribution < -0.4 is 40.0 Å². The van der Waals surface area contributed by atoms with Crippen LogP contribution in [0.5, 0.6) is 0 Å². The standard InChI is InChI=1S/C44H50N8O4S2/c1-47(2)35-13-7-31(8-14-35)19-21-43-49(5)39-27-33(11-17-37(39)51(43)23-25-55-43)45-41(53)29-57-58-30-42(54)46-34-12-18-38-40(28-34)50(6)44(52(38)24-26-56-44)22-20-32-9-15-36(16-10-32)48(3)4/h7-22,27-28H,23-26,29-30H2,1-6H3,(H,45,53)(H,46,54)/b21-19+,22-20+. The maximum absolute atomic E-state index is 13.0. The van der Waals surface area contributed by atoms with Crippen LogP contribution in [0.2, 0.25) is 0 Å². The molecular formula is C44H50N8O4S2. The molecule has 2 atom stereocenters. The summed E-state index contributed by atoms with van der Waals surface area (Å²) in [6.45, 7) is 2.75. The summed E-state index contributed by atoms with van der Waals surface area (Å²) in [5, 5.41) is 6.07. The van der Waals surface area contributed by atoms with Gasteiger partial charge in [-0.3, -0.25) is 9.59 Å². The van der Waals surface area contributed by atoms with E-state index >= 15 is 0 Å². The topological polar surface area (TPSA) is 96.1 Å². The zero-order valence-corrected chi connectivity index (χ0v) is 35.4. The third-order valence-electron chi connectivity index (χ3n) is 11.1. The van der Waals surface area contributed by atoms with Crippen molar-refractivity contribution in [3.63, 3.8) is 0 Å². The summed E-state index contributed by atoms with van der Waals surface area (Å²) < 4.78 is 12.8. The van der Waals surface area contributed by atoms with Crippen molar-refractivity contribution in [1.82, 2.24) is 0 Å². The number of rotatable bonds is 13. The molecule has 2 saturated heterocycles. The van der Waals surface area contributed by atoms with E-state index in [2.05, 4.69) is 113 Å². The molecule has 0 radical (unpaired) electrons. The van der Waals surface area contributed by atoms with Crippen LogP contribution in [0.4, 0.5) is 45.5 Å². The maximum Gasteiger partial charge on any atom is 0.242 e. The predicted molar refractivity (Wildman–Crippen MR) is 244 cm³/mol. The molecule has 2 N–H and O–H groups in total. The smallest absolute Gasteiger partial charge is 0.242 e. The molecule has 0 aromatic heterocycles. The van der Waals surface area contributed by atoms with Crippen LogP contribution in [-0.4, -0.2) is 104 Å². The maximum atomic E-state index is 13.0. The van der Waals surface area contributed by atoms with Crippen molar-refractivity contribution in [2.24, 2.45) is 0 Å². The Kier molecular flexibility index (Phi) is 11.0. The van der Waals surface area contributed by atoms with E-state index in [0.29, 0.717) is 24.6 Å². The zero-order valence-electron chi connectivity index (χ0n) is 33.8. The van der Waals surface area contributed by atoms with E-state index in [-0.39, 0.29) is 23.3 Å². The Hall–Kier alpha value is -5.28. The molecule has 12 nitrogen and oxygen atoms in total. The number of ether oxygens (including phenoxy) is 2. The summed E-state index contributed by atoms with van der Waals surface area (Å²) in [7, 11) is 14.9. The Bertz CT molecular complexity index is 2080. The molecule has 302 valence electrons. The van der Waals surface area contributed by atoms with Crippen LogP contribution in [0, 0.1) is 0 Å². The number of nitrogens with zero attached hydrogens (tertiary/aromatic N) is 6. The third kappa shape index (κ3) is 7.45. The molecule has 4 heterocycles. The van der Waals surface area contributed by atoms with Crippen molar-refractivity contribution >= 4 is 91.1 Å². The average molecular weight is 819 g/mol. The zero-order chi connectivity index (χ0) is 40.6.